The van der Waals surface area contributed by atoms with Crippen molar-refractivity contribution < 1.29 is 22.1 Å². The van der Waals surface area contributed by atoms with Crippen molar-refractivity contribution in [3.63, 3.8) is 0 Å². The molecule has 0 aromatic carbocycles. The van der Waals surface area contributed by atoms with E-state index in [9.17, 15) is 4.79 Å². The Bertz CT molecular complexity index is 67.1. The van der Waals surface area contributed by atoms with Gasteiger partial charge in [0.1, 0.15) is 0 Å². The fourth-order valence-corrected chi connectivity index (χ4v) is 0. The van der Waals surface area contributed by atoms with E-state index in [0.717, 1.165) is 17.3 Å². The molecule has 0 N–H and O–H groups in total. The molecule has 0 unspecified atom stereocenters. The molecular formula is C4H8ClNOZn. The van der Waals surface area contributed by atoms with Crippen molar-refractivity contribution in [1.82, 2.24) is 4.90 Å². The minimum atomic E-state index is -0.157. The van der Waals surface area contributed by atoms with Gasteiger partial charge in [-0.1, -0.05) is 0 Å². The molecule has 0 aliphatic carbocycles. The molecule has 0 bridgehead atoms. The molecule has 0 heterocycles. The predicted octanol–water partition coefficient (Wildman–Crippen LogP) is 0.596. The maximum absolute atomic E-state index is 9.96. The third-order valence-corrected chi connectivity index (χ3v) is 0.499. The van der Waals surface area contributed by atoms with E-state index in [1.165, 1.54) is 4.90 Å². The van der Waals surface area contributed by atoms with Gasteiger partial charge in [0.05, 0.1) is 5.91 Å². The topological polar surface area (TPSA) is 20.3 Å². The Labute approximate surface area is 63.9 Å². The molecule has 0 aromatic rings. The van der Waals surface area contributed by atoms with E-state index >= 15 is 0 Å². The van der Waals surface area contributed by atoms with Crippen LogP contribution in [0.3, 0.4) is 0 Å². The van der Waals surface area contributed by atoms with Crippen LogP contribution in [0, 0.1) is 6.92 Å². The first-order chi connectivity index (χ1) is 3.64. The molecule has 44 valence electrons. The van der Waals surface area contributed by atoms with Crippen LogP contribution in [0.4, 0.5) is 0 Å². The van der Waals surface area contributed by atoms with Crippen molar-refractivity contribution in [3.05, 3.63) is 6.92 Å². The number of hydrogen-bond acceptors (Lipinski definition) is 1. The SMILES string of the molecule is [CH2-]C(=O)N(C)C.[Cl][Zn+]. The summed E-state index contributed by atoms with van der Waals surface area (Å²) >= 11 is 0.847. The average molecular weight is 187 g/mol. The molecule has 2 nitrogen and oxygen atoms in total. The molecule has 0 saturated heterocycles. The van der Waals surface area contributed by atoms with Gasteiger partial charge in [-0.2, -0.15) is 0 Å². The summed E-state index contributed by atoms with van der Waals surface area (Å²) in [5.74, 6) is -0.157. The summed E-state index contributed by atoms with van der Waals surface area (Å²) in [4.78, 5) is 11.4. The second-order valence-corrected chi connectivity index (χ2v) is 1.29. The maximum atomic E-state index is 9.96. The fraction of sp³-hybridized carbons (Fsp3) is 0.500. The Morgan fingerprint density at radius 1 is 1.62 bits per heavy atom. The van der Waals surface area contributed by atoms with Gasteiger partial charge in [0.2, 0.25) is 0 Å². The zero-order valence-electron chi connectivity index (χ0n) is 5.15. The van der Waals surface area contributed by atoms with Crippen LogP contribution in [-0.2, 0) is 22.1 Å². The van der Waals surface area contributed by atoms with Crippen LogP contribution in [0.5, 0.6) is 0 Å². The summed E-state index contributed by atoms with van der Waals surface area (Å²) in [6.45, 7) is 3.12. The molecule has 0 fully saturated rings. The van der Waals surface area contributed by atoms with E-state index in [1.54, 1.807) is 14.1 Å². The first-order valence-electron chi connectivity index (χ1n) is 1.94. The predicted molar refractivity (Wildman–Crippen MR) is 29.9 cm³/mol. The van der Waals surface area contributed by atoms with Crippen molar-refractivity contribution in [2.75, 3.05) is 14.1 Å². The van der Waals surface area contributed by atoms with Gasteiger partial charge in [-0.15, -0.1) is 0 Å². The Balaban J connectivity index is 0. The Morgan fingerprint density at radius 2 is 1.75 bits per heavy atom. The monoisotopic (exact) mass is 185 g/mol. The van der Waals surface area contributed by atoms with E-state index in [0.29, 0.717) is 0 Å². The summed E-state index contributed by atoms with van der Waals surface area (Å²) in [6.07, 6.45) is 0. The normalized spacial score (nSPS) is 6.62. The molecule has 0 spiro atoms. The zero-order valence-corrected chi connectivity index (χ0v) is 8.87. The van der Waals surface area contributed by atoms with Crippen molar-refractivity contribution in [3.8, 4) is 0 Å². The van der Waals surface area contributed by atoms with Gasteiger partial charge in [-0.3, -0.25) is 0 Å². The van der Waals surface area contributed by atoms with Gasteiger partial charge in [0, 0.05) is 14.1 Å². The molecule has 4 heteroatoms. The van der Waals surface area contributed by atoms with Crippen LogP contribution in [0.15, 0.2) is 0 Å². The molecule has 0 atom stereocenters. The van der Waals surface area contributed by atoms with E-state index in [-0.39, 0.29) is 5.91 Å². The van der Waals surface area contributed by atoms with Gasteiger partial charge >= 0.3 is 27.0 Å². The fourth-order valence-electron chi connectivity index (χ4n) is 0. The van der Waals surface area contributed by atoms with E-state index in [1.807, 2.05) is 0 Å². The summed E-state index contributed by atoms with van der Waals surface area (Å²) in [7, 11) is 8.09. The molecule has 0 saturated carbocycles. The van der Waals surface area contributed by atoms with Crippen LogP contribution < -0.4 is 0 Å². The van der Waals surface area contributed by atoms with Crippen LogP contribution >= 0.6 is 9.69 Å². The number of carbonyl (C=O) groups excluding carboxylic acids is 1. The Hall–Kier alpha value is 0.253. The van der Waals surface area contributed by atoms with Crippen LogP contribution in [0.1, 0.15) is 0 Å². The van der Waals surface area contributed by atoms with Crippen LogP contribution in [0.2, 0.25) is 0 Å². The van der Waals surface area contributed by atoms with Gasteiger partial charge < -0.3 is 16.6 Å². The Kier molecular flexibility index (Phi) is 10.1. The summed E-state index contributed by atoms with van der Waals surface area (Å²) in [5, 5.41) is 0. The molecule has 0 aliphatic rings. The Morgan fingerprint density at radius 3 is 1.75 bits per heavy atom. The number of rotatable bonds is 0. The van der Waals surface area contributed by atoms with Crippen molar-refractivity contribution in [1.29, 1.82) is 0 Å². The third kappa shape index (κ3) is 9.54. The van der Waals surface area contributed by atoms with Gasteiger partial charge in [-0.25, -0.2) is 0 Å². The molecule has 0 radical (unpaired) electrons. The molecular weight excluding hydrogens is 179 g/mol. The van der Waals surface area contributed by atoms with E-state index in [2.05, 4.69) is 6.92 Å². The molecule has 1 amide bonds. The number of nitrogens with zero attached hydrogens (tertiary/aromatic N) is 1. The van der Waals surface area contributed by atoms with Crippen LogP contribution in [0.25, 0.3) is 0 Å². The molecule has 0 aromatic heterocycles. The molecule has 0 aliphatic heterocycles. The summed E-state index contributed by atoms with van der Waals surface area (Å²) < 4.78 is 0. The standard InChI is InChI=1S/C4H8NO.ClH.Zn/c1-4(6)5(2)3;;/h1H2,2-3H3;1H;/q-1;;+2/p-1. The minimum absolute atomic E-state index is 0.157. The van der Waals surface area contributed by atoms with Crippen molar-refractivity contribution >= 4 is 15.6 Å². The van der Waals surface area contributed by atoms with Gasteiger partial charge in [-0.05, 0) is 0 Å². The summed E-state index contributed by atoms with van der Waals surface area (Å²) in [5.41, 5.74) is 0. The zero-order chi connectivity index (χ0) is 7.15. The van der Waals surface area contributed by atoms with E-state index in [4.69, 9.17) is 9.69 Å². The second-order valence-electron chi connectivity index (χ2n) is 1.29. The van der Waals surface area contributed by atoms with Crippen molar-refractivity contribution in [2.45, 2.75) is 0 Å². The number of carbonyl (C=O) groups is 1. The quantitative estimate of drug-likeness (QED) is 0.401. The van der Waals surface area contributed by atoms with Crippen LogP contribution in [-0.4, -0.2) is 24.9 Å². The first kappa shape index (κ1) is 11.1. The van der Waals surface area contributed by atoms with Crippen molar-refractivity contribution in [2.24, 2.45) is 0 Å². The summed E-state index contributed by atoms with van der Waals surface area (Å²) in [6, 6.07) is 0. The molecule has 8 heavy (non-hydrogen) atoms. The molecule has 0 rings (SSSR count). The van der Waals surface area contributed by atoms with Gasteiger partial charge in [0.15, 0.2) is 0 Å². The van der Waals surface area contributed by atoms with E-state index < -0.39 is 0 Å². The number of halogens is 1. The average Bonchev–Trinajstić information content (AvgIpc) is 1.72. The number of hydrogen-bond donors (Lipinski definition) is 0. The van der Waals surface area contributed by atoms with Gasteiger partial charge in [0.25, 0.3) is 0 Å². The first-order valence-corrected chi connectivity index (χ1v) is 5.84. The third-order valence-electron chi connectivity index (χ3n) is 0.499. The second kappa shape index (κ2) is 7.25. The number of amides is 1.